The lowest BCUT2D eigenvalue weighted by molar-refractivity contribution is 0.0810. The zero-order valence-electron chi connectivity index (χ0n) is 12.3. The lowest BCUT2D eigenvalue weighted by atomic mass is 9.74. The Morgan fingerprint density at radius 1 is 1.16 bits per heavy atom. The number of aliphatic hydroxyl groups excluding tert-OH is 1. The van der Waals surface area contributed by atoms with Crippen LogP contribution < -0.4 is 5.32 Å². The number of aliphatic hydroxyl groups is 1. The van der Waals surface area contributed by atoms with Crippen LogP contribution in [0.5, 0.6) is 0 Å². The second kappa shape index (κ2) is 6.53. The molecule has 0 unspecified atom stereocenters. The molecule has 19 heavy (non-hydrogen) atoms. The van der Waals surface area contributed by atoms with Gasteiger partial charge in [-0.05, 0) is 37.8 Å². The molecule has 2 heteroatoms. The summed E-state index contributed by atoms with van der Waals surface area (Å²) in [7, 11) is 0. The molecule has 0 atom stereocenters. The van der Waals surface area contributed by atoms with Crippen molar-refractivity contribution in [1.29, 1.82) is 0 Å². The third-order valence-electron chi connectivity index (χ3n) is 4.56. The number of benzene rings is 1. The third-order valence-corrected chi connectivity index (χ3v) is 4.56. The fourth-order valence-corrected chi connectivity index (χ4v) is 3.20. The molecule has 1 saturated carbocycles. The second-order valence-electron chi connectivity index (χ2n) is 6.25. The van der Waals surface area contributed by atoms with Crippen LogP contribution in [0.2, 0.25) is 0 Å². The SMILES string of the molecule is Cc1ccc(CNCC2(CO)CCCCC2)c(C)c1. The van der Waals surface area contributed by atoms with Gasteiger partial charge in [0.2, 0.25) is 0 Å². The van der Waals surface area contributed by atoms with Crippen molar-refractivity contribution in [3.63, 3.8) is 0 Å². The molecule has 1 aliphatic carbocycles. The summed E-state index contributed by atoms with van der Waals surface area (Å²) < 4.78 is 0. The van der Waals surface area contributed by atoms with Crippen molar-refractivity contribution in [3.05, 3.63) is 34.9 Å². The van der Waals surface area contributed by atoms with Crippen LogP contribution in [0.4, 0.5) is 0 Å². The molecule has 1 aromatic carbocycles. The van der Waals surface area contributed by atoms with Gasteiger partial charge < -0.3 is 10.4 Å². The van der Waals surface area contributed by atoms with Crippen LogP contribution in [-0.2, 0) is 6.54 Å². The van der Waals surface area contributed by atoms with E-state index in [1.807, 2.05) is 0 Å². The monoisotopic (exact) mass is 261 g/mol. The molecule has 0 amide bonds. The van der Waals surface area contributed by atoms with Crippen LogP contribution in [0.15, 0.2) is 18.2 Å². The Hall–Kier alpha value is -0.860. The molecule has 0 saturated heterocycles. The minimum Gasteiger partial charge on any atom is -0.396 e. The molecule has 0 aromatic heterocycles. The second-order valence-corrected chi connectivity index (χ2v) is 6.25. The summed E-state index contributed by atoms with van der Waals surface area (Å²) in [6, 6.07) is 6.62. The summed E-state index contributed by atoms with van der Waals surface area (Å²) in [5, 5.41) is 13.3. The van der Waals surface area contributed by atoms with Crippen LogP contribution in [0.25, 0.3) is 0 Å². The highest BCUT2D eigenvalue weighted by atomic mass is 16.3. The molecule has 1 fully saturated rings. The number of hydrogen-bond donors (Lipinski definition) is 2. The molecule has 1 aromatic rings. The molecule has 0 aliphatic heterocycles. The van der Waals surface area contributed by atoms with Gasteiger partial charge in [0, 0.05) is 25.1 Å². The number of aryl methyl sites for hydroxylation is 2. The Morgan fingerprint density at radius 3 is 2.53 bits per heavy atom. The maximum atomic E-state index is 9.69. The molecule has 106 valence electrons. The highest BCUT2D eigenvalue weighted by molar-refractivity contribution is 5.30. The fourth-order valence-electron chi connectivity index (χ4n) is 3.20. The maximum Gasteiger partial charge on any atom is 0.0499 e. The van der Waals surface area contributed by atoms with Gasteiger partial charge in [-0.2, -0.15) is 0 Å². The van der Waals surface area contributed by atoms with Crippen molar-refractivity contribution in [3.8, 4) is 0 Å². The smallest absolute Gasteiger partial charge is 0.0499 e. The number of nitrogens with one attached hydrogen (secondary N) is 1. The Morgan fingerprint density at radius 2 is 1.89 bits per heavy atom. The van der Waals surface area contributed by atoms with Crippen molar-refractivity contribution in [2.24, 2.45) is 5.41 Å². The van der Waals surface area contributed by atoms with E-state index in [2.05, 4.69) is 37.4 Å². The van der Waals surface area contributed by atoms with Gasteiger partial charge in [0.25, 0.3) is 0 Å². The van der Waals surface area contributed by atoms with Crippen LogP contribution in [0.1, 0.15) is 48.8 Å². The van der Waals surface area contributed by atoms with Crippen molar-refractivity contribution in [1.82, 2.24) is 5.32 Å². The Bertz CT molecular complexity index is 408. The summed E-state index contributed by atoms with van der Waals surface area (Å²) in [6.07, 6.45) is 6.21. The molecular formula is C17H27NO. The molecule has 0 bridgehead atoms. The van der Waals surface area contributed by atoms with E-state index in [9.17, 15) is 5.11 Å². The quantitative estimate of drug-likeness (QED) is 0.852. The van der Waals surface area contributed by atoms with Gasteiger partial charge in [-0.3, -0.25) is 0 Å². The molecule has 0 spiro atoms. The molecule has 0 heterocycles. The van der Waals surface area contributed by atoms with Crippen molar-refractivity contribution >= 4 is 0 Å². The van der Waals surface area contributed by atoms with E-state index in [1.54, 1.807) is 0 Å². The highest BCUT2D eigenvalue weighted by Gasteiger charge is 2.30. The average Bonchev–Trinajstić information content (AvgIpc) is 2.42. The van der Waals surface area contributed by atoms with Gasteiger partial charge in [0.1, 0.15) is 0 Å². The van der Waals surface area contributed by atoms with Crippen LogP contribution in [0.3, 0.4) is 0 Å². The third kappa shape index (κ3) is 3.80. The molecule has 1 aliphatic rings. The Kier molecular flexibility index (Phi) is 5.00. The molecule has 2 rings (SSSR count). The molecule has 2 nitrogen and oxygen atoms in total. The first kappa shape index (κ1) is 14.5. The predicted octanol–water partition coefficient (Wildman–Crippen LogP) is 3.34. The lowest BCUT2D eigenvalue weighted by Gasteiger charge is -2.35. The number of rotatable bonds is 5. The van der Waals surface area contributed by atoms with Gasteiger partial charge in [0.05, 0.1) is 0 Å². The summed E-state index contributed by atoms with van der Waals surface area (Å²) in [5.41, 5.74) is 4.18. The molecule has 0 radical (unpaired) electrons. The lowest BCUT2D eigenvalue weighted by Crippen LogP contribution is -2.38. The van der Waals surface area contributed by atoms with E-state index in [-0.39, 0.29) is 5.41 Å². The van der Waals surface area contributed by atoms with Crippen LogP contribution >= 0.6 is 0 Å². The zero-order valence-corrected chi connectivity index (χ0v) is 12.3. The van der Waals surface area contributed by atoms with Gasteiger partial charge in [0.15, 0.2) is 0 Å². The van der Waals surface area contributed by atoms with Crippen molar-refractivity contribution in [2.75, 3.05) is 13.2 Å². The van der Waals surface area contributed by atoms with E-state index in [4.69, 9.17) is 0 Å². The van der Waals surface area contributed by atoms with Gasteiger partial charge in [-0.15, -0.1) is 0 Å². The van der Waals surface area contributed by atoms with Gasteiger partial charge >= 0.3 is 0 Å². The summed E-state index contributed by atoms with van der Waals surface area (Å²) in [4.78, 5) is 0. The first-order valence-electron chi connectivity index (χ1n) is 7.53. The predicted molar refractivity (Wildman–Crippen MR) is 80.2 cm³/mol. The maximum absolute atomic E-state index is 9.69. The van der Waals surface area contributed by atoms with E-state index >= 15 is 0 Å². The average molecular weight is 261 g/mol. The van der Waals surface area contributed by atoms with Gasteiger partial charge in [-0.1, -0.05) is 43.0 Å². The van der Waals surface area contributed by atoms with Crippen LogP contribution in [0, 0.1) is 19.3 Å². The van der Waals surface area contributed by atoms with Crippen LogP contribution in [-0.4, -0.2) is 18.3 Å². The van der Waals surface area contributed by atoms with E-state index < -0.39 is 0 Å². The Balaban J connectivity index is 1.88. The topological polar surface area (TPSA) is 32.3 Å². The summed E-state index contributed by atoms with van der Waals surface area (Å²) in [6.45, 7) is 6.48. The molecule has 2 N–H and O–H groups in total. The Labute approximate surface area is 117 Å². The summed E-state index contributed by atoms with van der Waals surface area (Å²) >= 11 is 0. The van der Waals surface area contributed by atoms with E-state index in [0.717, 1.165) is 13.1 Å². The number of hydrogen-bond acceptors (Lipinski definition) is 2. The first-order valence-corrected chi connectivity index (χ1v) is 7.53. The van der Waals surface area contributed by atoms with Crippen molar-refractivity contribution < 1.29 is 5.11 Å². The minimum atomic E-state index is 0.136. The standard InChI is InChI=1S/C17H27NO/c1-14-6-7-16(15(2)10-14)11-18-12-17(13-19)8-4-3-5-9-17/h6-7,10,18-19H,3-5,8-9,11-13H2,1-2H3. The summed E-state index contributed by atoms with van der Waals surface area (Å²) in [5.74, 6) is 0. The highest BCUT2D eigenvalue weighted by Crippen LogP contribution is 2.35. The van der Waals surface area contributed by atoms with E-state index in [0.29, 0.717) is 6.61 Å². The normalized spacial score (nSPS) is 18.5. The minimum absolute atomic E-state index is 0.136. The zero-order chi connectivity index (χ0) is 13.7. The van der Waals surface area contributed by atoms with Gasteiger partial charge in [-0.25, -0.2) is 0 Å². The van der Waals surface area contributed by atoms with E-state index in [1.165, 1.54) is 48.8 Å². The largest absolute Gasteiger partial charge is 0.396 e. The first-order chi connectivity index (χ1) is 9.15. The van der Waals surface area contributed by atoms with Crippen molar-refractivity contribution in [2.45, 2.75) is 52.5 Å². The fraction of sp³-hybridized carbons (Fsp3) is 0.647. The molecular weight excluding hydrogens is 234 g/mol.